The highest BCUT2D eigenvalue weighted by molar-refractivity contribution is 7.87. The Bertz CT molecular complexity index is 767. The zero-order valence-electron chi connectivity index (χ0n) is 12.4. The molecule has 22 heavy (non-hydrogen) atoms. The Morgan fingerprint density at radius 2 is 1.73 bits per heavy atom. The summed E-state index contributed by atoms with van der Waals surface area (Å²) in [5, 5.41) is 2.65. The van der Waals surface area contributed by atoms with Crippen molar-refractivity contribution in [3.05, 3.63) is 54.1 Å². The van der Waals surface area contributed by atoms with Crippen LogP contribution in [-0.2, 0) is 14.9 Å². The third-order valence-corrected chi connectivity index (χ3v) is 4.29. The number of anilines is 1. The Morgan fingerprint density at radius 1 is 1.09 bits per heavy atom. The molecule has 0 heterocycles. The molecule has 0 saturated heterocycles. The third kappa shape index (κ3) is 3.85. The van der Waals surface area contributed by atoms with E-state index in [1.54, 1.807) is 38.1 Å². The summed E-state index contributed by atoms with van der Waals surface area (Å²) >= 11 is 0. The number of rotatable bonds is 5. The quantitative estimate of drug-likeness (QED) is 0.860. The number of carbonyl (C=O) groups excluding carboxylic acids is 1. The maximum Gasteiger partial charge on any atom is 0.339 e. The van der Waals surface area contributed by atoms with Gasteiger partial charge in [0.05, 0.1) is 0 Å². The molecule has 0 spiro atoms. The lowest BCUT2D eigenvalue weighted by Crippen LogP contribution is -2.12. The fourth-order valence-corrected chi connectivity index (χ4v) is 2.76. The maximum absolute atomic E-state index is 12.2. The molecule has 0 radical (unpaired) electrons. The molecule has 2 aromatic carbocycles. The van der Waals surface area contributed by atoms with Crippen molar-refractivity contribution < 1.29 is 17.4 Å². The van der Waals surface area contributed by atoms with Gasteiger partial charge < -0.3 is 9.50 Å². The number of carbonyl (C=O) groups is 1. The Morgan fingerprint density at radius 3 is 2.32 bits per heavy atom. The van der Waals surface area contributed by atoms with Crippen LogP contribution < -0.4 is 9.50 Å². The van der Waals surface area contributed by atoms with Gasteiger partial charge in [0, 0.05) is 12.1 Å². The van der Waals surface area contributed by atoms with Gasteiger partial charge in [-0.1, -0.05) is 25.1 Å². The summed E-state index contributed by atoms with van der Waals surface area (Å²) in [5.41, 5.74) is 1.28. The smallest absolute Gasteiger partial charge is 0.339 e. The Kier molecular flexibility index (Phi) is 4.82. The molecule has 0 fully saturated rings. The summed E-state index contributed by atoms with van der Waals surface area (Å²) in [6.45, 7) is 3.51. The molecular weight excluding hydrogens is 302 g/mol. The van der Waals surface area contributed by atoms with Crippen LogP contribution in [0.5, 0.6) is 5.75 Å². The van der Waals surface area contributed by atoms with Crippen molar-refractivity contribution in [1.82, 2.24) is 0 Å². The van der Waals surface area contributed by atoms with E-state index in [-0.39, 0.29) is 10.8 Å². The first kappa shape index (κ1) is 16.0. The van der Waals surface area contributed by atoms with E-state index in [1.165, 1.54) is 24.3 Å². The van der Waals surface area contributed by atoms with E-state index in [9.17, 15) is 13.2 Å². The highest BCUT2D eigenvalue weighted by atomic mass is 32.2. The van der Waals surface area contributed by atoms with Crippen molar-refractivity contribution >= 4 is 21.7 Å². The predicted octanol–water partition coefficient (Wildman–Crippen LogP) is 3.11. The summed E-state index contributed by atoms with van der Waals surface area (Å²) in [4.78, 5) is 11.3. The van der Waals surface area contributed by atoms with E-state index in [1.807, 2.05) is 0 Å². The lowest BCUT2D eigenvalue weighted by atomic mass is 10.2. The third-order valence-electron chi connectivity index (χ3n) is 3.04. The molecule has 0 bridgehead atoms. The van der Waals surface area contributed by atoms with Crippen molar-refractivity contribution in [3.63, 3.8) is 0 Å². The molecule has 5 nitrogen and oxygen atoms in total. The van der Waals surface area contributed by atoms with Crippen LogP contribution in [0.4, 0.5) is 5.69 Å². The van der Waals surface area contributed by atoms with Gasteiger partial charge in [0.1, 0.15) is 10.6 Å². The molecular formula is C16H17NO4S. The lowest BCUT2D eigenvalue weighted by Gasteiger charge is -2.10. The van der Waals surface area contributed by atoms with E-state index in [2.05, 4.69) is 5.32 Å². The van der Waals surface area contributed by atoms with Crippen molar-refractivity contribution in [2.24, 2.45) is 0 Å². The van der Waals surface area contributed by atoms with Gasteiger partial charge in [0.25, 0.3) is 0 Å². The van der Waals surface area contributed by atoms with Gasteiger partial charge in [-0.3, -0.25) is 4.79 Å². The minimum atomic E-state index is -3.90. The first-order valence-corrected chi connectivity index (χ1v) is 8.23. The topological polar surface area (TPSA) is 72.5 Å². The second-order valence-electron chi connectivity index (χ2n) is 4.73. The minimum Gasteiger partial charge on any atom is -0.379 e. The molecule has 1 amide bonds. The SMILES string of the molecule is CCC(=O)Nc1ccc(S(=O)(=O)Oc2ccccc2C)cc1. The number of nitrogens with one attached hydrogen (secondary N) is 1. The molecule has 0 atom stereocenters. The predicted molar refractivity (Wildman–Crippen MR) is 84.4 cm³/mol. The van der Waals surface area contributed by atoms with Crippen LogP contribution in [0, 0.1) is 6.92 Å². The average molecular weight is 319 g/mol. The van der Waals surface area contributed by atoms with Gasteiger partial charge in [0.15, 0.2) is 0 Å². The van der Waals surface area contributed by atoms with E-state index >= 15 is 0 Å². The fraction of sp³-hybridized carbons (Fsp3) is 0.188. The van der Waals surface area contributed by atoms with Gasteiger partial charge in [-0.2, -0.15) is 8.42 Å². The normalized spacial score (nSPS) is 11.0. The molecule has 0 aliphatic heterocycles. The van der Waals surface area contributed by atoms with Crippen molar-refractivity contribution in [3.8, 4) is 5.75 Å². The zero-order chi connectivity index (χ0) is 16.2. The number of hydrogen-bond acceptors (Lipinski definition) is 4. The van der Waals surface area contributed by atoms with Gasteiger partial charge in [-0.25, -0.2) is 0 Å². The number of hydrogen-bond donors (Lipinski definition) is 1. The lowest BCUT2D eigenvalue weighted by molar-refractivity contribution is -0.115. The molecule has 116 valence electrons. The summed E-state index contributed by atoms with van der Waals surface area (Å²) in [6.07, 6.45) is 0.358. The minimum absolute atomic E-state index is 0.0326. The largest absolute Gasteiger partial charge is 0.379 e. The van der Waals surface area contributed by atoms with Gasteiger partial charge in [0.2, 0.25) is 5.91 Å². The summed E-state index contributed by atoms with van der Waals surface area (Å²) in [5.74, 6) is 0.164. The Balaban J connectivity index is 2.19. The van der Waals surface area contributed by atoms with Crippen LogP contribution in [0.15, 0.2) is 53.4 Å². The first-order valence-electron chi connectivity index (χ1n) is 6.82. The average Bonchev–Trinajstić information content (AvgIpc) is 2.50. The summed E-state index contributed by atoms with van der Waals surface area (Å²) in [7, 11) is -3.90. The van der Waals surface area contributed by atoms with Gasteiger partial charge >= 0.3 is 10.1 Å². The maximum atomic E-state index is 12.2. The van der Waals surface area contributed by atoms with Crippen LogP contribution >= 0.6 is 0 Å². The molecule has 0 aliphatic rings. The highest BCUT2D eigenvalue weighted by Gasteiger charge is 2.17. The molecule has 2 rings (SSSR count). The number of para-hydroxylation sites is 1. The van der Waals surface area contributed by atoms with Crippen LogP contribution in [-0.4, -0.2) is 14.3 Å². The molecule has 6 heteroatoms. The molecule has 2 aromatic rings. The standard InChI is InChI=1S/C16H17NO4S/c1-3-16(18)17-13-8-10-14(11-9-13)22(19,20)21-15-7-5-4-6-12(15)2/h4-11H,3H2,1-2H3,(H,17,18). The summed E-state index contributed by atoms with van der Waals surface area (Å²) in [6, 6.07) is 12.7. The molecule has 0 unspecified atom stereocenters. The van der Waals surface area contributed by atoms with Crippen LogP contribution in [0.1, 0.15) is 18.9 Å². The molecule has 0 aliphatic carbocycles. The second-order valence-corrected chi connectivity index (χ2v) is 6.28. The van der Waals surface area contributed by atoms with Crippen molar-refractivity contribution in [2.75, 3.05) is 5.32 Å². The first-order chi connectivity index (χ1) is 10.4. The van der Waals surface area contributed by atoms with Gasteiger partial charge in [-0.15, -0.1) is 0 Å². The van der Waals surface area contributed by atoms with Crippen LogP contribution in [0.3, 0.4) is 0 Å². The number of benzene rings is 2. The monoisotopic (exact) mass is 319 g/mol. The Hall–Kier alpha value is -2.34. The molecule has 0 aromatic heterocycles. The van der Waals surface area contributed by atoms with E-state index in [0.29, 0.717) is 17.9 Å². The fourth-order valence-electron chi connectivity index (χ4n) is 1.77. The number of amides is 1. The number of aryl methyl sites for hydroxylation is 1. The van der Waals surface area contributed by atoms with Crippen molar-refractivity contribution in [2.45, 2.75) is 25.2 Å². The summed E-state index contributed by atoms with van der Waals surface area (Å²) < 4.78 is 29.6. The van der Waals surface area contributed by atoms with E-state index < -0.39 is 10.1 Å². The van der Waals surface area contributed by atoms with Crippen LogP contribution in [0.2, 0.25) is 0 Å². The Labute approximate surface area is 130 Å². The van der Waals surface area contributed by atoms with Crippen LogP contribution in [0.25, 0.3) is 0 Å². The highest BCUT2D eigenvalue weighted by Crippen LogP contribution is 2.23. The molecule has 1 N–H and O–H groups in total. The van der Waals surface area contributed by atoms with E-state index in [0.717, 1.165) is 5.56 Å². The molecule has 0 saturated carbocycles. The van der Waals surface area contributed by atoms with E-state index in [4.69, 9.17) is 4.18 Å². The van der Waals surface area contributed by atoms with Crippen molar-refractivity contribution in [1.29, 1.82) is 0 Å². The zero-order valence-corrected chi connectivity index (χ0v) is 13.2. The van der Waals surface area contributed by atoms with Gasteiger partial charge in [-0.05, 0) is 42.8 Å². The second kappa shape index (κ2) is 6.62.